The van der Waals surface area contributed by atoms with E-state index in [-0.39, 0.29) is 28.7 Å². The molecule has 5 nitrogen and oxygen atoms in total. The third kappa shape index (κ3) is 4.31. The number of sulfone groups is 1. The van der Waals surface area contributed by atoms with Gasteiger partial charge in [0.1, 0.15) is 0 Å². The lowest BCUT2D eigenvalue weighted by Crippen LogP contribution is -2.37. The summed E-state index contributed by atoms with van der Waals surface area (Å²) >= 11 is 1.42. The fraction of sp³-hybridized carbons (Fsp3) is 0.333. The maximum atomic E-state index is 12.5. The lowest BCUT2D eigenvalue weighted by atomic mass is 10.1. The number of anilines is 1. The van der Waals surface area contributed by atoms with Crippen LogP contribution >= 0.6 is 11.8 Å². The Hall–Kier alpha value is -2.12. The van der Waals surface area contributed by atoms with Crippen molar-refractivity contribution in [3.63, 3.8) is 0 Å². The summed E-state index contributed by atoms with van der Waals surface area (Å²) in [6, 6.07) is 19.5. The van der Waals surface area contributed by atoms with E-state index in [1.54, 1.807) is 0 Å². The highest BCUT2D eigenvalue weighted by atomic mass is 32.2. The van der Waals surface area contributed by atoms with E-state index in [0.717, 1.165) is 18.5 Å². The smallest absolute Gasteiger partial charge is 0.248 e. The van der Waals surface area contributed by atoms with Crippen molar-refractivity contribution in [2.75, 3.05) is 16.4 Å². The number of rotatable bonds is 5. The zero-order chi connectivity index (χ0) is 19.6. The van der Waals surface area contributed by atoms with E-state index in [4.69, 9.17) is 0 Å². The van der Waals surface area contributed by atoms with Crippen LogP contribution in [0.15, 0.2) is 65.7 Å². The van der Waals surface area contributed by atoms with E-state index in [9.17, 15) is 13.2 Å². The number of aryl methyl sites for hydroxylation is 1. The minimum Gasteiger partial charge on any atom is -0.316 e. The van der Waals surface area contributed by atoms with Gasteiger partial charge in [-0.1, -0.05) is 60.3 Å². The number of nitrogens with zero attached hydrogens (tertiary/aromatic N) is 2. The molecule has 2 atom stereocenters. The topological polar surface area (TPSA) is 66.8 Å². The van der Waals surface area contributed by atoms with Crippen LogP contribution in [0.5, 0.6) is 0 Å². The molecular formula is C21H22N2O3S2. The van der Waals surface area contributed by atoms with Gasteiger partial charge in [0, 0.05) is 17.4 Å². The molecule has 0 spiro atoms. The summed E-state index contributed by atoms with van der Waals surface area (Å²) < 4.78 is 24.2. The first-order chi connectivity index (χ1) is 13.5. The molecule has 4 rings (SSSR count). The fourth-order valence-electron chi connectivity index (χ4n) is 3.71. The lowest BCUT2D eigenvalue weighted by molar-refractivity contribution is -0.117. The van der Waals surface area contributed by atoms with Gasteiger partial charge in [-0.2, -0.15) is 4.99 Å². The Morgan fingerprint density at radius 1 is 1.04 bits per heavy atom. The monoisotopic (exact) mass is 414 g/mol. The molecule has 2 aliphatic rings. The number of amides is 1. The molecule has 0 N–H and O–H groups in total. The molecule has 0 unspecified atom stereocenters. The molecule has 146 valence electrons. The van der Waals surface area contributed by atoms with E-state index in [1.165, 1.54) is 17.3 Å². The number of benzene rings is 2. The van der Waals surface area contributed by atoms with Gasteiger partial charge >= 0.3 is 0 Å². The molecule has 2 aliphatic heterocycles. The number of carbonyl (C=O) groups is 1. The van der Waals surface area contributed by atoms with E-state index in [2.05, 4.69) is 17.1 Å². The first-order valence-corrected chi connectivity index (χ1v) is 12.1. The Balaban J connectivity index is 1.48. The number of amidine groups is 1. The number of thioether (sulfide) groups is 1. The minimum absolute atomic E-state index is 0.0684. The summed E-state index contributed by atoms with van der Waals surface area (Å²) in [4.78, 5) is 18.8. The highest BCUT2D eigenvalue weighted by molar-refractivity contribution is 8.16. The van der Waals surface area contributed by atoms with Crippen molar-refractivity contribution < 1.29 is 13.2 Å². The molecule has 2 heterocycles. The molecule has 0 aliphatic carbocycles. The summed E-state index contributed by atoms with van der Waals surface area (Å²) in [5, 5.41) is 0.557. The van der Waals surface area contributed by atoms with Gasteiger partial charge in [-0.05, 0) is 30.5 Å². The molecule has 0 aromatic heterocycles. The number of para-hydroxylation sites is 1. The van der Waals surface area contributed by atoms with Crippen molar-refractivity contribution in [1.82, 2.24) is 0 Å². The maximum absolute atomic E-state index is 12.5. The number of carbonyl (C=O) groups excluding carboxylic acids is 1. The number of fused-ring (bicyclic) bond motifs is 1. The van der Waals surface area contributed by atoms with Crippen LogP contribution in [-0.2, 0) is 21.1 Å². The Kier molecular flexibility index (Phi) is 5.55. The molecule has 0 bridgehead atoms. The molecule has 0 saturated carbocycles. The molecule has 1 amide bonds. The Morgan fingerprint density at radius 3 is 2.43 bits per heavy atom. The quantitative estimate of drug-likeness (QED) is 0.751. The van der Waals surface area contributed by atoms with Gasteiger partial charge in [0.05, 0.1) is 17.5 Å². The Bertz CT molecular complexity index is 975. The van der Waals surface area contributed by atoms with Crippen LogP contribution in [0.3, 0.4) is 0 Å². The van der Waals surface area contributed by atoms with Gasteiger partial charge in [0.25, 0.3) is 0 Å². The molecule has 2 aromatic carbocycles. The average molecular weight is 415 g/mol. The first-order valence-electron chi connectivity index (χ1n) is 9.39. The number of aliphatic imine (C=N–C) groups is 1. The summed E-state index contributed by atoms with van der Waals surface area (Å²) in [5.41, 5.74) is 2.10. The van der Waals surface area contributed by atoms with Crippen molar-refractivity contribution in [2.24, 2.45) is 4.99 Å². The normalized spacial score (nSPS) is 24.4. The summed E-state index contributed by atoms with van der Waals surface area (Å²) in [7, 11) is -3.05. The van der Waals surface area contributed by atoms with E-state index in [0.29, 0.717) is 11.6 Å². The molecule has 2 aromatic rings. The zero-order valence-electron chi connectivity index (χ0n) is 15.4. The number of hydrogen-bond donors (Lipinski definition) is 0. The van der Waals surface area contributed by atoms with E-state index < -0.39 is 9.84 Å². The molecule has 28 heavy (non-hydrogen) atoms. The summed E-state index contributed by atoms with van der Waals surface area (Å²) in [5.74, 6) is 0.107. The zero-order valence-corrected chi connectivity index (χ0v) is 17.0. The van der Waals surface area contributed by atoms with Crippen LogP contribution in [-0.4, -0.2) is 42.3 Å². The van der Waals surface area contributed by atoms with Crippen LogP contribution in [0.4, 0.5) is 5.69 Å². The summed E-state index contributed by atoms with van der Waals surface area (Å²) in [6.07, 6.45) is 1.97. The lowest BCUT2D eigenvalue weighted by Gasteiger charge is -2.24. The van der Waals surface area contributed by atoms with Crippen LogP contribution < -0.4 is 4.90 Å². The minimum atomic E-state index is -3.05. The van der Waals surface area contributed by atoms with Crippen molar-refractivity contribution in [1.29, 1.82) is 0 Å². The third-order valence-electron chi connectivity index (χ3n) is 5.02. The number of hydrogen-bond acceptors (Lipinski definition) is 4. The molecule has 0 radical (unpaired) electrons. The van der Waals surface area contributed by atoms with E-state index in [1.807, 2.05) is 53.4 Å². The average Bonchev–Trinajstić information content (AvgIpc) is 3.14. The standard InChI is InChI=1S/C21H22N2O3S2/c24-20(13-7-10-16-8-3-1-4-9-16)22-21-23(17-11-5-2-6-12-17)18-14-28(25,26)15-19(18)27-21/h1-6,8-9,11-12,18-19H,7,10,13-15H2/t18-,19-/m1/s1. The second-order valence-corrected chi connectivity index (χ2v) is 10.5. The van der Waals surface area contributed by atoms with Crippen LogP contribution in [0, 0.1) is 0 Å². The second kappa shape index (κ2) is 8.09. The van der Waals surface area contributed by atoms with Gasteiger partial charge in [-0.25, -0.2) is 8.42 Å². The fourth-order valence-corrected chi connectivity index (χ4v) is 7.64. The van der Waals surface area contributed by atoms with Gasteiger partial charge in [-0.15, -0.1) is 0 Å². The summed E-state index contributed by atoms with van der Waals surface area (Å²) in [6.45, 7) is 0. The van der Waals surface area contributed by atoms with Crippen molar-refractivity contribution in [2.45, 2.75) is 30.6 Å². The third-order valence-corrected chi connectivity index (χ3v) is 8.23. The SMILES string of the molecule is O=C(CCCc1ccccc1)N=C1S[C@@H]2CS(=O)(=O)C[C@H]2N1c1ccccc1. The predicted octanol–water partition coefficient (Wildman–Crippen LogP) is 3.31. The molecule has 2 saturated heterocycles. The Morgan fingerprint density at radius 2 is 1.71 bits per heavy atom. The van der Waals surface area contributed by atoms with Crippen molar-refractivity contribution in [3.8, 4) is 0 Å². The van der Waals surface area contributed by atoms with Crippen molar-refractivity contribution in [3.05, 3.63) is 66.2 Å². The van der Waals surface area contributed by atoms with E-state index >= 15 is 0 Å². The van der Waals surface area contributed by atoms with Gasteiger partial charge in [-0.3, -0.25) is 4.79 Å². The highest BCUT2D eigenvalue weighted by Gasteiger charge is 2.49. The van der Waals surface area contributed by atoms with Gasteiger partial charge in [0.2, 0.25) is 5.91 Å². The largest absolute Gasteiger partial charge is 0.316 e. The second-order valence-electron chi connectivity index (χ2n) is 7.13. The van der Waals surface area contributed by atoms with Crippen molar-refractivity contribution >= 4 is 38.4 Å². The van der Waals surface area contributed by atoms with Crippen LogP contribution in [0.1, 0.15) is 18.4 Å². The van der Waals surface area contributed by atoms with Crippen LogP contribution in [0.25, 0.3) is 0 Å². The maximum Gasteiger partial charge on any atom is 0.248 e. The molecular weight excluding hydrogens is 392 g/mol. The first kappa shape index (κ1) is 19.2. The van der Waals surface area contributed by atoms with Gasteiger partial charge in [0.15, 0.2) is 15.0 Å². The Labute approximate surface area is 169 Å². The molecule has 2 fully saturated rings. The molecule has 7 heteroatoms. The van der Waals surface area contributed by atoms with Crippen LogP contribution in [0.2, 0.25) is 0 Å². The predicted molar refractivity (Wildman–Crippen MR) is 115 cm³/mol. The van der Waals surface area contributed by atoms with Gasteiger partial charge < -0.3 is 4.90 Å². The highest BCUT2D eigenvalue weighted by Crippen LogP contribution is 2.40.